The lowest BCUT2D eigenvalue weighted by Crippen LogP contribution is -2.37. The number of hydrogen-bond donors (Lipinski definition) is 2. The Hall–Kier alpha value is -4.06. The number of aliphatic carboxylic acids is 1. The molecular formula is C37H44N2O4. The number of nitrogens with zero attached hydrogens (tertiary/aromatic N) is 1. The second-order valence-electron chi connectivity index (χ2n) is 12.6. The van der Waals surface area contributed by atoms with Crippen LogP contribution in [0.5, 0.6) is 5.75 Å². The Labute approximate surface area is 255 Å². The second kappa shape index (κ2) is 13.1. The van der Waals surface area contributed by atoms with E-state index in [4.69, 9.17) is 4.74 Å². The summed E-state index contributed by atoms with van der Waals surface area (Å²) in [6.07, 6.45) is 7.84. The van der Waals surface area contributed by atoms with Crippen LogP contribution in [-0.2, 0) is 30.7 Å². The summed E-state index contributed by atoms with van der Waals surface area (Å²) in [5.74, 6) is 0.126. The summed E-state index contributed by atoms with van der Waals surface area (Å²) >= 11 is 0. The van der Waals surface area contributed by atoms with Gasteiger partial charge >= 0.3 is 5.97 Å². The fourth-order valence-corrected chi connectivity index (χ4v) is 5.90. The Balaban J connectivity index is 1.40. The van der Waals surface area contributed by atoms with Crippen molar-refractivity contribution in [2.45, 2.75) is 91.3 Å². The van der Waals surface area contributed by atoms with Crippen molar-refractivity contribution in [2.24, 2.45) is 5.92 Å². The first-order chi connectivity index (χ1) is 20.6. The molecule has 3 aromatic carbocycles. The molecule has 0 aliphatic heterocycles. The lowest BCUT2D eigenvalue weighted by Gasteiger charge is -2.27. The molecule has 1 amide bonds. The van der Waals surface area contributed by atoms with Gasteiger partial charge in [0.05, 0.1) is 0 Å². The summed E-state index contributed by atoms with van der Waals surface area (Å²) < 4.78 is 8.21. The zero-order valence-electron chi connectivity index (χ0n) is 25.9. The molecule has 0 unspecified atom stereocenters. The minimum Gasteiger partial charge on any atom is -0.478 e. The lowest BCUT2D eigenvalue weighted by atomic mass is 9.85. The van der Waals surface area contributed by atoms with Crippen molar-refractivity contribution in [1.82, 2.24) is 9.88 Å². The molecule has 1 aliphatic rings. The SMILES string of the molecule is CCCCc1cccc(CNC(=O)c2ccc3c(Cc4cccc(OC(C)(C)C(=O)O)c4)c(C)n(CC4CCC4)c3c2)c1. The average Bonchev–Trinajstić information content (AvgIpc) is 3.22. The van der Waals surface area contributed by atoms with Crippen molar-refractivity contribution in [1.29, 1.82) is 0 Å². The van der Waals surface area contributed by atoms with Crippen LogP contribution in [0.15, 0.2) is 66.7 Å². The molecule has 1 aromatic heterocycles. The molecule has 0 radical (unpaired) electrons. The number of carboxylic acids is 1. The van der Waals surface area contributed by atoms with Gasteiger partial charge in [-0.2, -0.15) is 0 Å². The molecule has 1 fully saturated rings. The number of ether oxygens (including phenoxy) is 1. The third kappa shape index (κ3) is 7.12. The zero-order chi connectivity index (χ0) is 30.6. The van der Waals surface area contributed by atoms with Gasteiger partial charge in [0, 0.05) is 35.2 Å². The van der Waals surface area contributed by atoms with E-state index in [0.717, 1.165) is 35.0 Å². The number of unbranched alkanes of at least 4 members (excludes halogenated alkanes) is 1. The van der Waals surface area contributed by atoms with Gasteiger partial charge in [-0.25, -0.2) is 4.79 Å². The number of aromatic nitrogens is 1. The van der Waals surface area contributed by atoms with Gasteiger partial charge < -0.3 is 19.7 Å². The van der Waals surface area contributed by atoms with Crippen LogP contribution in [0.3, 0.4) is 0 Å². The van der Waals surface area contributed by atoms with Crippen molar-refractivity contribution in [2.75, 3.05) is 0 Å². The van der Waals surface area contributed by atoms with Gasteiger partial charge in [-0.15, -0.1) is 0 Å². The fraction of sp³-hybridized carbons (Fsp3) is 0.405. The van der Waals surface area contributed by atoms with Crippen LogP contribution < -0.4 is 10.1 Å². The van der Waals surface area contributed by atoms with Gasteiger partial charge in [0.15, 0.2) is 5.60 Å². The number of rotatable bonds is 13. The van der Waals surface area contributed by atoms with E-state index in [2.05, 4.69) is 54.1 Å². The highest BCUT2D eigenvalue weighted by Crippen LogP contribution is 2.34. The number of amides is 1. The molecule has 4 aromatic rings. The summed E-state index contributed by atoms with van der Waals surface area (Å²) in [7, 11) is 0. The first-order valence-corrected chi connectivity index (χ1v) is 15.6. The molecule has 2 N–H and O–H groups in total. The Kier molecular flexibility index (Phi) is 9.24. The van der Waals surface area contributed by atoms with Crippen molar-refractivity contribution in [3.8, 4) is 5.75 Å². The van der Waals surface area contributed by atoms with Crippen molar-refractivity contribution < 1.29 is 19.4 Å². The van der Waals surface area contributed by atoms with Crippen LogP contribution >= 0.6 is 0 Å². The van der Waals surface area contributed by atoms with E-state index in [1.54, 1.807) is 19.9 Å². The largest absolute Gasteiger partial charge is 0.478 e. The van der Waals surface area contributed by atoms with E-state index in [-0.39, 0.29) is 5.91 Å². The Morgan fingerprint density at radius 3 is 2.47 bits per heavy atom. The smallest absolute Gasteiger partial charge is 0.347 e. The van der Waals surface area contributed by atoms with Gasteiger partial charge in [-0.05, 0) is 105 Å². The zero-order valence-corrected chi connectivity index (χ0v) is 25.9. The molecule has 5 rings (SSSR count). The molecule has 1 heterocycles. The molecule has 6 nitrogen and oxygen atoms in total. The number of aryl methyl sites for hydroxylation is 1. The maximum absolute atomic E-state index is 13.3. The van der Waals surface area contributed by atoms with Crippen molar-refractivity contribution in [3.63, 3.8) is 0 Å². The van der Waals surface area contributed by atoms with Crippen LogP contribution in [0.25, 0.3) is 10.9 Å². The summed E-state index contributed by atoms with van der Waals surface area (Å²) in [6, 6.07) is 22.3. The van der Waals surface area contributed by atoms with E-state index in [9.17, 15) is 14.7 Å². The molecule has 43 heavy (non-hydrogen) atoms. The molecule has 226 valence electrons. The maximum atomic E-state index is 13.3. The Bertz CT molecular complexity index is 1610. The molecule has 0 atom stereocenters. The maximum Gasteiger partial charge on any atom is 0.347 e. The number of benzene rings is 3. The highest BCUT2D eigenvalue weighted by molar-refractivity contribution is 5.99. The first-order valence-electron chi connectivity index (χ1n) is 15.6. The highest BCUT2D eigenvalue weighted by atomic mass is 16.5. The monoisotopic (exact) mass is 580 g/mol. The predicted octanol–water partition coefficient (Wildman–Crippen LogP) is 7.86. The third-order valence-corrected chi connectivity index (χ3v) is 8.81. The normalized spacial score (nSPS) is 13.6. The van der Waals surface area contributed by atoms with Crippen molar-refractivity contribution >= 4 is 22.8 Å². The van der Waals surface area contributed by atoms with Crippen molar-refractivity contribution in [3.05, 3.63) is 100 Å². The van der Waals surface area contributed by atoms with Crippen LogP contribution in [0, 0.1) is 12.8 Å². The minimum atomic E-state index is -1.32. The summed E-state index contributed by atoms with van der Waals surface area (Å²) in [5, 5.41) is 13.8. The highest BCUT2D eigenvalue weighted by Gasteiger charge is 2.29. The number of carbonyl (C=O) groups excluding carboxylic acids is 1. The van der Waals surface area contributed by atoms with E-state index < -0.39 is 11.6 Å². The predicted molar refractivity (Wildman–Crippen MR) is 172 cm³/mol. The second-order valence-corrected chi connectivity index (χ2v) is 12.6. The van der Waals surface area contributed by atoms with Gasteiger partial charge in [0.25, 0.3) is 5.91 Å². The number of carboxylic acid groups (broad SMARTS) is 1. The summed E-state index contributed by atoms with van der Waals surface area (Å²) in [4.78, 5) is 24.9. The molecule has 0 bridgehead atoms. The Morgan fingerprint density at radius 1 is 1.00 bits per heavy atom. The van der Waals surface area contributed by atoms with Crippen LogP contribution in [0.4, 0.5) is 0 Å². The number of fused-ring (bicyclic) bond motifs is 1. The minimum absolute atomic E-state index is 0.0673. The Morgan fingerprint density at radius 2 is 1.74 bits per heavy atom. The van der Waals surface area contributed by atoms with Crippen LogP contribution in [-0.4, -0.2) is 27.2 Å². The lowest BCUT2D eigenvalue weighted by molar-refractivity contribution is -0.152. The number of hydrogen-bond acceptors (Lipinski definition) is 3. The van der Waals surface area contributed by atoms with Gasteiger partial charge in [0.1, 0.15) is 5.75 Å². The van der Waals surface area contributed by atoms with Gasteiger partial charge in [-0.3, -0.25) is 4.79 Å². The van der Waals surface area contributed by atoms with E-state index in [0.29, 0.717) is 30.2 Å². The fourth-order valence-electron chi connectivity index (χ4n) is 5.90. The first kappa shape index (κ1) is 30.4. The molecule has 0 saturated heterocycles. The molecular weight excluding hydrogens is 536 g/mol. The molecule has 1 saturated carbocycles. The number of carbonyl (C=O) groups is 2. The third-order valence-electron chi connectivity index (χ3n) is 8.81. The average molecular weight is 581 g/mol. The quantitative estimate of drug-likeness (QED) is 0.169. The van der Waals surface area contributed by atoms with E-state index in [1.165, 1.54) is 48.9 Å². The van der Waals surface area contributed by atoms with Crippen LogP contribution in [0.2, 0.25) is 0 Å². The van der Waals surface area contributed by atoms with E-state index >= 15 is 0 Å². The standard InChI is InChI=1S/C37H44N2O4/c1-5-6-10-26-11-7-15-29(19-26)23-38-35(40)30-17-18-32-33(25(2)39(34(32)22-30)24-27-12-8-13-27)21-28-14-9-16-31(20-28)43-37(3,4)36(41)42/h7,9,11,14-20,22,27H,5-6,8,10,12-13,21,23-24H2,1-4H3,(H,38,40)(H,41,42). The van der Waals surface area contributed by atoms with Gasteiger partial charge in [-0.1, -0.05) is 62.2 Å². The summed E-state index contributed by atoms with van der Waals surface area (Å²) in [5.41, 5.74) is 6.35. The molecule has 0 spiro atoms. The van der Waals surface area contributed by atoms with Crippen LogP contribution in [0.1, 0.15) is 91.2 Å². The van der Waals surface area contributed by atoms with Gasteiger partial charge in [0.2, 0.25) is 0 Å². The molecule has 6 heteroatoms. The number of nitrogens with one attached hydrogen (secondary N) is 1. The summed E-state index contributed by atoms with van der Waals surface area (Å²) in [6.45, 7) is 8.94. The molecule has 1 aliphatic carbocycles. The topological polar surface area (TPSA) is 80.6 Å². The van der Waals surface area contributed by atoms with E-state index in [1.807, 2.05) is 30.3 Å².